The number of aromatic nitrogens is 2. The van der Waals surface area contributed by atoms with Crippen molar-refractivity contribution in [1.82, 2.24) is 9.55 Å². The number of rotatable bonds is 9. The number of fused-ring (bicyclic) bond motifs is 1. The molecule has 0 bridgehead atoms. The number of carbonyl (C=O) groups is 2. The van der Waals surface area contributed by atoms with Gasteiger partial charge >= 0.3 is 5.97 Å². The standard InChI is InChI=1S/C18H20FN5O5/c1-29-23-14(8-25)9(5-20)6-21-16-13(19)4-11-15(26)12(18(27)28)7-24(10-2-3-10)17(11)22-16/h4,7-10H,2-3,5-6,20H2,1H3,(H,21,22)(H,27,28)/b23-14+. The number of nitrogens with zero attached hydrogens (tertiary/aromatic N) is 3. The maximum Gasteiger partial charge on any atom is 0.341 e. The summed E-state index contributed by atoms with van der Waals surface area (Å²) in [4.78, 5) is 43.8. The number of anilines is 1. The summed E-state index contributed by atoms with van der Waals surface area (Å²) < 4.78 is 16.2. The molecule has 1 fully saturated rings. The molecule has 10 nitrogen and oxygen atoms in total. The predicted octanol–water partition coefficient (Wildman–Crippen LogP) is 0.757. The number of nitrogens with one attached hydrogen (secondary N) is 1. The van der Waals surface area contributed by atoms with Crippen LogP contribution < -0.4 is 16.5 Å². The first-order valence-corrected chi connectivity index (χ1v) is 8.90. The van der Waals surface area contributed by atoms with E-state index in [-0.39, 0.29) is 41.7 Å². The highest BCUT2D eigenvalue weighted by molar-refractivity contribution is 6.29. The number of hydrogen-bond donors (Lipinski definition) is 3. The fraction of sp³-hybridized carbons (Fsp3) is 0.389. The van der Waals surface area contributed by atoms with Crippen LogP contribution in [0.25, 0.3) is 11.0 Å². The SMILES string of the molecule is CO/N=C(\C=O)C(CN)CNc1nc2c(cc1F)c(=O)c(C(=O)O)cn2C1CC1. The Hall–Kier alpha value is -3.34. The number of carbonyl (C=O) groups excluding carboxylic acids is 1. The van der Waals surface area contributed by atoms with E-state index < -0.39 is 28.7 Å². The van der Waals surface area contributed by atoms with Crippen LogP contribution in [0, 0.1) is 11.7 Å². The van der Waals surface area contributed by atoms with Crippen molar-refractivity contribution in [3.8, 4) is 0 Å². The molecule has 154 valence electrons. The van der Waals surface area contributed by atoms with Gasteiger partial charge in [-0.05, 0) is 18.9 Å². The van der Waals surface area contributed by atoms with Crippen LogP contribution in [0.15, 0.2) is 22.2 Å². The van der Waals surface area contributed by atoms with Gasteiger partial charge in [-0.2, -0.15) is 0 Å². The average molecular weight is 405 g/mol. The Morgan fingerprint density at radius 3 is 2.86 bits per heavy atom. The smallest absolute Gasteiger partial charge is 0.341 e. The second-order valence-corrected chi connectivity index (χ2v) is 6.64. The van der Waals surface area contributed by atoms with E-state index in [4.69, 9.17) is 5.73 Å². The molecule has 0 spiro atoms. The van der Waals surface area contributed by atoms with E-state index in [1.165, 1.54) is 13.3 Å². The third kappa shape index (κ3) is 4.09. The molecule has 2 aromatic heterocycles. The Bertz CT molecular complexity index is 1050. The largest absolute Gasteiger partial charge is 0.477 e. The van der Waals surface area contributed by atoms with Gasteiger partial charge in [-0.3, -0.25) is 9.59 Å². The molecule has 1 aliphatic carbocycles. The Labute approximate surface area is 164 Å². The van der Waals surface area contributed by atoms with Gasteiger partial charge in [-0.25, -0.2) is 14.2 Å². The van der Waals surface area contributed by atoms with Crippen molar-refractivity contribution in [1.29, 1.82) is 0 Å². The summed E-state index contributed by atoms with van der Waals surface area (Å²) >= 11 is 0. The first kappa shape index (κ1) is 20.4. The maximum atomic E-state index is 14.6. The van der Waals surface area contributed by atoms with Crippen molar-refractivity contribution in [2.45, 2.75) is 18.9 Å². The number of carboxylic acids is 1. The zero-order chi connectivity index (χ0) is 21.1. The summed E-state index contributed by atoms with van der Waals surface area (Å²) in [6.07, 6.45) is 3.37. The first-order chi connectivity index (χ1) is 13.9. The predicted molar refractivity (Wildman–Crippen MR) is 103 cm³/mol. The van der Waals surface area contributed by atoms with Gasteiger partial charge in [0, 0.05) is 31.2 Å². The number of aromatic carboxylic acids is 1. The molecule has 2 heterocycles. The van der Waals surface area contributed by atoms with Gasteiger partial charge in [0.15, 0.2) is 17.9 Å². The minimum atomic E-state index is -1.38. The number of halogens is 1. The summed E-state index contributed by atoms with van der Waals surface area (Å²) in [7, 11) is 1.29. The normalized spacial score (nSPS) is 15.2. The van der Waals surface area contributed by atoms with E-state index in [9.17, 15) is 23.9 Å². The minimum absolute atomic E-state index is 0.00861. The van der Waals surface area contributed by atoms with Crippen LogP contribution in [0.1, 0.15) is 29.2 Å². The average Bonchev–Trinajstić information content (AvgIpc) is 3.53. The quantitative estimate of drug-likeness (QED) is 0.314. The Morgan fingerprint density at radius 2 is 2.31 bits per heavy atom. The van der Waals surface area contributed by atoms with Crippen LogP contribution in [0.3, 0.4) is 0 Å². The summed E-state index contributed by atoms with van der Waals surface area (Å²) in [6, 6.07) is 0.980. The van der Waals surface area contributed by atoms with Crippen LogP contribution in [0.5, 0.6) is 0 Å². The van der Waals surface area contributed by atoms with Gasteiger partial charge in [0.05, 0.1) is 5.39 Å². The van der Waals surface area contributed by atoms with Crippen LogP contribution >= 0.6 is 0 Å². The van der Waals surface area contributed by atoms with E-state index >= 15 is 0 Å². The molecule has 1 unspecified atom stereocenters. The van der Waals surface area contributed by atoms with E-state index in [2.05, 4.69) is 20.3 Å². The van der Waals surface area contributed by atoms with Gasteiger partial charge < -0.3 is 25.6 Å². The lowest BCUT2D eigenvalue weighted by atomic mass is 10.0. The van der Waals surface area contributed by atoms with E-state index in [1.807, 2.05) is 0 Å². The summed E-state index contributed by atoms with van der Waals surface area (Å²) in [5.74, 6) is -2.90. The molecule has 0 radical (unpaired) electrons. The Balaban J connectivity index is 2.01. The van der Waals surface area contributed by atoms with Gasteiger partial charge in [0.2, 0.25) is 5.43 Å². The van der Waals surface area contributed by atoms with Gasteiger partial charge in [0.1, 0.15) is 24.0 Å². The van der Waals surface area contributed by atoms with E-state index in [1.54, 1.807) is 4.57 Å². The zero-order valence-corrected chi connectivity index (χ0v) is 15.6. The third-order valence-electron chi connectivity index (χ3n) is 4.66. The molecular weight excluding hydrogens is 385 g/mol. The summed E-state index contributed by atoms with van der Waals surface area (Å²) in [5.41, 5.74) is 4.69. The van der Waals surface area contributed by atoms with Crippen molar-refractivity contribution in [2.24, 2.45) is 16.8 Å². The molecule has 2 aromatic rings. The third-order valence-corrected chi connectivity index (χ3v) is 4.66. The zero-order valence-electron chi connectivity index (χ0n) is 15.6. The lowest BCUT2D eigenvalue weighted by molar-refractivity contribution is -0.103. The van der Waals surface area contributed by atoms with Crippen molar-refractivity contribution in [2.75, 3.05) is 25.5 Å². The van der Waals surface area contributed by atoms with Crippen molar-refractivity contribution in [3.05, 3.63) is 33.9 Å². The van der Waals surface area contributed by atoms with Crippen LogP contribution in [0.4, 0.5) is 10.2 Å². The Morgan fingerprint density at radius 1 is 1.59 bits per heavy atom. The molecule has 11 heteroatoms. The van der Waals surface area contributed by atoms with Crippen molar-refractivity contribution >= 4 is 34.8 Å². The van der Waals surface area contributed by atoms with Crippen molar-refractivity contribution in [3.63, 3.8) is 0 Å². The molecule has 4 N–H and O–H groups in total. The molecule has 1 aliphatic rings. The number of oxime groups is 1. The minimum Gasteiger partial charge on any atom is -0.477 e. The maximum absolute atomic E-state index is 14.6. The lowest BCUT2D eigenvalue weighted by Gasteiger charge is -2.16. The fourth-order valence-corrected chi connectivity index (χ4v) is 2.98. The van der Waals surface area contributed by atoms with Gasteiger partial charge in [-0.1, -0.05) is 5.16 Å². The second-order valence-electron chi connectivity index (χ2n) is 6.64. The van der Waals surface area contributed by atoms with Gasteiger partial charge in [-0.15, -0.1) is 0 Å². The molecule has 0 aliphatic heterocycles. The summed E-state index contributed by atoms with van der Waals surface area (Å²) in [6.45, 7) is 0.103. The topological polar surface area (TPSA) is 149 Å². The first-order valence-electron chi connectivity index (χ1n) is 8.90. The van der Waals surface area contributed by atoms with Crippen LogP contribution in [0.2, 0.25) is 0 Å². The molecular formula is C18H20FN5O5. The fourth-order valence-electron chi connectivity index (χ4n) is 2.98. The monoisotopic (exact) mass is 405 g/mol. The van der Waals surface area contributed by atoms with Crippen molar-refractivity contribution < 1.29 is 23.9 Å². The lowest BCUT2D eigenvalue weighted by Crippen LogP contribution is -2.32. The highest BCUT2D eigenvalue weighted by Gasteiger charge is 2.28. The molecule has 29 heavy (non-hydrogen) atoms. The number of aldehydes is 1. The molecule has 1 saturated carbocycles. The number of hydrogen-bond acceptors (Lipinski definition) is 8. The van der Waals surface area contributed by atoms with E-state index in [0.29, 0.717) is 6.29 Å². The molecule has 3 rings (SSSR count). The number of pyridine rings is 2. The highest BCUT2D eigenvalue weighted by atomic mass is 19.1. The second kappa shape index (κ2) is 8.35. The molecule has 0 amide bonds. The number of nitrogens with two attached hydrogens (primary N) is 1. The Kier molecular flexibility index (Phi) is 5.87. The highest BCUT2D eigenvalue weighted by Crippen LogP contribution is 2.37. The molecule has 1 atom stereocenters. The summed E-state index contributed by atoms with van der Waals surface area (Å²) in [5, 5.41) is 15.5. The van der Waals surface area contributed by atoms with Gasteiger partial charge in [0.25, 0.3) is 0 Å². The number of carboxylic acid groups (broad SMARTS) is 1. The van der Waals surface area contributed by atoms with Crippen LogP contribution in [-0.2, 0) is 9.63 Å². The molecule has 0 aromatic carbocycles. The molecule has 0 saturated heterocycles. The van der Waals surface area contributed by atoms with E-state index in [0.717, 1.165) is 18.9 Å². The van der Waals surface area contributed by atoms with Crippen LogP contribution in [-0.4, -0.2) is 52.8 Å².